The molecule has 1 aromatic rings. The molecule has 18 heavy (non-hydrogen) atoms. The van der Waals surface area contributed by atoms with Crippen molar-refractivity contribution >= 4 is 15.9 Å². The van der Waals surface area contributed by atoms with E-state index >= 15 is 0 Å². The van der Waals surface area contributed by atoms with Crippen LogP contribution in [-0.2, 0) is 6.54 Å². The van der Waals surface area contributed by atoms with Gasteiger partial charge in [0, 0.05) is 23.1 Å². The highest BCUT2D eigenvalue weighted by molar-refractivity contribution is 9.10. The van der Waals surface area contributed by atoms with E-state index in [4.69, 9.17) is 0 Å². The third-order valence-electron chi connectivity index (χ3n) is 4.21. The van der Waals surface area contributed by atoms with Gasteiger partial charge in [0.15, 0.2) is 0 Å². The summed E-state index contributed by atoms with van der Waals surface area (Å²) in [6.45, 7) is 2.03. The lowest BCUT2D eigenvalue weighted by molar-refractivity contribution is 0.153. The van der Waals surface area contributed by atoms with E-state index < -0.39 is 0 Å². The largest absolute Gasteiger partial charge is 0.311 e. The van der Waals surface area contributed by atoms with Crippen LogP contribution in [0.3, 0.4) is 0 Å². The minimum Gasteiger partial charge on any atom is -0.311 e. The molecule has 3 heteroatoms. The molecule has 1 N–H and O–H groups in total. The normalized spacial score (nSPS) is 18.4. The lowest BCUT2D eigenvalue weighted by Crippen LogP contribution is -2.49. The second kappa shape index (κ2) is 6.18. The monoisotopic (exact) mass is 310 g/mol. The first kappa shape index (κ1) is 14.0. The first-order valence-electron chi connectivity index (χ1n) is 6.76. The van der Waals surface area contributed by atoms with Crippen molar-refractivity contribution in [3.63, 3.8) is 0 Å². The minimum absolute atomic E-state index is 0.376. The van der Waals surface area contributed by atoms with Crippen LogP contribution in [0.2, 0.25) is 0 Å². The number of rotatable bonds is 5. The Morgan fingerprint density at radius 1 is 1.22 bits per heavy atom. The second-order valence-corrected chi connectivity index (χ2v) is 6.38. The minimum atomic E-state index is 0.376. The van der Waals surface area contributed by atoms with Crippen molar-refractivity contribution in [1.82, 2.24) is 10.2 Å². The zero-order valence-corrected chi connectivity index (χ0v) is 13.0. The molecule has 1 saturated carbocycles. The smallest absolute Gasteiger partial charge is 0.0328 e. The molecule has 0 saturated heterocycles. The predicted molar refractivity (Wildman–Crippen MR) is 80.7 cm³/mol. The Labute approximate surface area is 119 Å². The molecule has 0 bridgehead atoms. The molecule has 0 unspecified atom stereocenters. The summed E-state index contributed by atoms with van der Waals surface area (Å²) in [6, 6.07) is 8.44. The Bertz CT molecular complexity index is 384. The van der Waals surface area contributed by atoms with Crippen molar-refractivity contribution in [2.24, 2.45) is 0 Å². The van der Waals surface area contributed by atoms with Crippen LogP contribution in [-0.4, -0.2) is 31.1 Å². The molecule has 1 aliphatic rings. The Hall–Kier alpha value is -0.380. The highest BCUT2D eigenvalue weighted by atomic mass is 79.9. The van der Waals surface area contributed by atoms with E-state index in [1.54, 1.807) is 0 Å². The lowest BCUT2D eigenvalue weighted by atomic mass is 9.96. The lowest BCUT2D eigenvalue weighted by Gasteiger charge is -2.36. The van der Waals surface area contributed by atoms with Gasteiger partial charge in [-0.3, -0.25) is 0 Å². The van der Waals surface area contributed by atoms with Crippen molar-refractivity contribution in [2.45, 2.75) is 37.8 Å². The highest BCUT2D eigenvalue weighted by Gasteiger charge is 2.35. The molecule has 1 fully saturated rings. The molecule has 2 rings (SSSR count). The predicted octanol–water partition coefficient (Wildman–Crippen LogP) is 3.41. The Balaban J connectivity index is 1.90. The summed E-state index contributed by atoms with van der Waals surface area (Å²) in [7, 11) is 4.43. The van der Waals surface area contributed by atoms with Gasteiger partial charge in [0.25, 0.3) is 0 Å². The van der Waals surface area contributed by atoms with Crippen LogP contribution in [0.5, 0.6) is 0 Å². The quantitative estimate of drug-likeness (QED) is 0.896. The number of nitrogens with zero attached hydrogens (tertiary/aromatic N) is 1. The van der Waals surface area contributed by atoms with Crippen molar-refractivity contribution < 1.29 is 0 Å². The first-order chi connectivity index (χ1) is 8.64. The van der Waals surface area contributed by atoms with Crippen LogP contribution in [0.15, 0.2) is 28.7 Å². The molecule has 0 radical (unpaired) electrons. The molecule has 100 valence electrons. The molecule has 1 aliphatic carbocycles. The van der Waals surface area contributed by atoms with E-state index in [1.165, 1.54) is 35.7 Å². The van der Waals surface area contributed by atoms with Crippen LogP contribution in [0, 0.1) is 0 Å². The highest BCUT2D eigenvalue weighted by Crippen LogP contribution is 2.33. The Kier molecular flexibility index (Phi) is 4.82. The van der Waals surface area contributed by atoms with Crippen LogP contribution < -0.4 is 5.32 Å². The van der Waals surface area contributed by atoms with Gasteiger partial charge < -0.3 is 10.2 Å². The van der Waals surface area contributed by atoms with Gasteiger partial charge in [-0.2, -0.15) is 0 Å². The van der Waals surface area contributed by atoms with E-state index in [2.05, 4.69) is 64.5 Å². The molecule has 0 atom stereocenters. The van der Waals surface area contributed by atoms with Crippen molar-refractivity contribution in [3.05, 3.63) is 34.3 Å². The van der Waals surface area contributed by atoms with Crippen LogP contribution >= 0.6 is 15.9 Å². The third kappa shape index (κ3) is 3.14. The van der Waals surface area contributed by atoms with Crippen molar-refractivity contribution in [1.29, 1.82) is 0 Å². The molecule has 0 aromatic heterocycles. The fourth-order valence-corrected chi connectivity index (χ4v) is 3.31. The number of likely N-dealkylation sites (N-methyl/N-ethyl adjacent to an activating group) is 1. The SMILES string of the molecule is CN(C)C1(CNCc2ccccc2Br)CCCC1. The molecule has 0 amide bonds. The van der Waals surface area contributed by atoms with E-state index in [0.29, 0.717) is 5.54 Å². The van der Waals surface area contributed by atoms with Crippen LogP contribution in [0.1, 0.15) is 31.2 Å². The first-order valence-corrected chi connectivity index (χ1v) is 7.55. The second-order valence-electron chi connectivity index (χ2n) is 5.52. The van der Waals surface area contributed by atoms with Gasteiger partial charge in [-0.1, -0.05) is 47.0 Å². The molecule has 0 aliphatic heterocycles. The number of hydrogen-bond acceptors (Lipinski definition) is 2. The van der Waals surface area contributed by atoms with Gasteiger partial charge in [-0.15, -0.1) is 0 Å². The van der Waals surface area contributed by atoms with Crippen molar-refractivity contribution in [3.8, 4) is 0 Å². The fourth-order valence-electron chi connectivity index (χ4n) is 2.89. The van der Waals surface area contributed by atoms with Crippen LogP contribution in [0.25, 0.3) is 0 Å². The van der Waals surface area contributed by atoms with E-state index in [9.17, 15) is 0 Å². The number of hydrogen-bond donors (Lipinski definition) is 1. The summed E-state index contributed by atoms with van der Waals surface area (Å²) in [5.74, 6) is 0. The molecule has 0 heterocycles. The maximum absolute atomic E-state index is 3.63. The number of benzene rings is 1. The third-order valence-corrected chi connectivity index (χ3v) is 4.98. The van der Waals surface area contributed by atoms with Gasteiger partial charge in [-0.25, -0.2) is 0 Å². The van der Waals surface area contributed by atoms with Gasteiger partial charge in [0.05, 0.1) is 0 Å². The number of nitrogens with one attached hydrogen (secondary N) is 1. The molecular formula is C15H23BrN2. The summed E-state index contributed by atoms with van der Waals surface area (Å²) in [5.41, 5.74) is 1.71. The standard InChI is InChI=1S/C15H23BrN2/c1-18(2)15(9-5-6-10-15)12-17-11-13-7-3-4-8-14(13)16/h3-4,7-8,17H,5-6,9-12H2,1-2H3. The number of halogens is 1. The summed E-state index contributed by atoms with van der Waals surface area (Å²) in [5, 5.41) is 3.63. The van der Waals surface area contributed by atoms with E-state index in [1.807, 2.05) is 0 Å². The van der Waals surface area contributed by atoms with Gasteiger partial charge >= 0.3 is 0 Å². The zero-order chi connectivity index (χ0) is 13.0. The summed E-state index contributed by atoms with van der Waals surface area (Å²) < 4.78 is 1.20. The summed E-state index contributed by atoms with van der Waals surface area (Å²) >= 11 is 3.60. The maximum atomic E-state index is 3.63. The Morgan fingerprint density at radius 2 is 1.89 bits per heavy atom. The molecular weight excluding hydrogens is 288 g/mol. The van der Waals surface area contributed by atoms with Gasteiger partial charge in [0.1, 0.15) is 0 Å². The zero-order valence-electron chi connectivity index (χ0n) is 11.4. The van der Waals surface area contributed by atoms with Crippen LogP contribution in [0.4, 0.5) is 0 Å². The summed E-state index contributed by atoms with van der Waals surface area (Å²) in [4.78, 5) is 2.41. The summed E-state index contributed by atoms with van der Waals surface area (Å²) in [6.07, 6.45) is 5.38. The topological polar surface area (TPSA) is 15.3 Å². The van der Waals surface area contributed by atoms with E-state index in [-0.39, 0.29) is 0 Å². The average Bonchev–Trinajstić information content (AvgIpc) is 2.82. The fraction of sp³-hybridized carbons (Fsp3) is 0.600. The molecule has 1 aromatic carbocycles. The molecule has 0 spiro atoms. The Morgan fingerprint density at radius 3 is 2.50 bits per heavy atom. The van der Waals surface area contributed by atoms with Crippen molar-refractivity contribution in [2.75, 3.05) is 20.6 Å². The van der Waals surface area contributed by atoms with E-state index in [0.717, 1.165) is 13.1 Å². The maximum Gasteiger partial charge on any atom is 0.0328 e. The van der Waals surface area contributed by atoms with Gasteiger partial charge in [0.2, 0.25) is 0 Å². The average molecular weight is 311 g/mol. The molecule has 2 nitrogen and oxygen atoms in total. The van der Waals surface area contributed by atoms with Gasteiger partial charge in [-0.05, 0) is 38.6 Å².